The first-order chi connectivity index (χ1) is 18.1. The Morgan fingerprint density at radius 2 is 1.62 bits per heavy atom. The van der Waals surface area contributed by atoms with Crippen molar-refractivity contribution in [1.82, 2.24) is 0 Å². The number of hydroxylamine groups is 1. The highest BCUT2D eigenvalue weighted by atomic mass is 16.7. The van der Waals surface area contributed by atoms with Gasteiger partial charge in [0, 0.05) is 6.07 Å². The highest BCUT2D eigenvalue weighted by Crippen LogP contribution is 2.48. The summed E-state index contributed by atoms with van der Waals surface area (Å²) in [6.07, 6.45) is -0.0976. The molecule has 0 N–H and O–H groups in total. The van der Waals surface area contributed by atoms with Crippen molar-refractivity contribution in [2.24, 2.45) is 5.92 Å². The standard InChI is InChI=1S/C29H30N2O6/c1-4-16-36-23-15-14-19(17-24(23)34-3)26-25-27(37-31(26)20-10-7-6-8-11-20)29(33)30(28(25)32)21-12-9-13-22(18-21)35-5-2/h6-15,17-18,25-27H,4-5,16H2,1-3H3/t25-,26-,27-/m1/s1. The van der Waals surface area contributed by atoms with Crippen molar-refractivity contribution in [2.75, 3.05) is 30.3 Å². The van der Waals surface area contributed by atoms with Gasteiger partial charge in [-0.05, 0) is 55.3 Å². The van der Waals surface area contributed by atoms with Crippen LogP contribution in [0.3, 0.4) is 0 Å². The van der Waals surface area contributed by atoms with E-state index in [1.807, 2.05) is 62.4 Å². The first kappa shape index (κ1) is 24.6. The number of carbonyl (C=O) groups excluding carboxylic acids is 2. The Balaban J connectivity index is 1.55. The van der Waals surface area contributed by atoms with E-state index in [0.717, 1.165) is 17.7 Å². The molecule has 37 heavy (non-hydrogen) atoms. The van der Waals surface area contributed by atoms with Gasteiger partial charge in [0.15, 0.2) is 17.6 Å². The number of hydrogen-bond acceptors (Lipinski definition) is 7. The molecule has 2 saturated heterocycles. The van der Waals surface area contributed by atoms with Crippen molar-refractivity contribution < 1.29 is 28.6 Å². The number of amides is 2. The number of para-hydroxylation sites is 1. The quantitative estimate of drug-likeness (QED) is 0.384. The Labute approximate surface area is 216 Å². The van der Waals surface area contributed by atoms with E-state index in [-0.39, 0.29) is 5.91 Å². The molecule has 2 amide bonds. The van der Waals surface area contributed by atoms with E-state index in [4.69, 9.17) is 19.0 Å². The number of anilines is 2. The molecule has 0 saturated carbocycles. The molecule has 0 spiro atoms. The summed E-state index contributed by atoms with van der Waals surface area (Å²) >= 11 is 0. The maximum atomic E-state index is 13.9. The number of fused-ring (bicyclic) bond motifs is 1. The van der Waals surface area contributed by atoms with Crippen LogP contribution in [0.2, 0.25) is 0 Å². The summed E-state index contributed by atoms with van der Waals surface area (Å²) in [5.41, 5.74) is 1.99. The predicted molar refractivity (Wildman–Crippen MR) is 139 cm³/mol. The number of ether oxygens (including phenoxy) is 3. The number of imide groups is 1. The third-order valence-corrected chi connectivity index (χ3v) is 6.50. The third kappa shape index (κ3) is 4.49. The molecule has 0 bridgehead atoms. The summed E-state index contributed by atoms with van der Waals surface area (Å²) in [5, 5.41) is 1.67. The van der Waals surface area contributed by atoms with Crippen LogP contribution in [0.15, 0.2) is 72.8 Å². The van der Waals surface area contributed by atoms with Gasteiger partial charge in [-0.25, -0.2) is 9.96 Å². The lowest BCUT2D eigenvalue weighted by Gasteiger charge is -2.29. The fourth-order valence-corrected chi connectivity index (χ4v) is 4.89. The van der Waals surface area contributed by atoms with Gasteiger partial charge >= 0.3 is 0 Å². The van der Waals surface area contributed by atoms with Crippen LogP contribution in [0.4, 0.5) is 11.4 Å². The van der Waals surface area contributed by atoms with Gasteiger partial charge in [0.2, 0.25) is 5.91 Å². The van der Waals surface area contributed by atoms with Crippen LogP contribution in [-0.2, 0) is 14.4 Å². The molecule has 8 nitrogen and oxygen atoms in total. The molecule has 5 rings (SSSR count). The molecule has 0 aromatic heterocycles. The van der Waals surface area contributed by atoms with E-state index in [1.165, 1.54) is 4.90 Å². The first-order valence-corrected chi connectivity index (χ1v) is 12.5. The van der Waals surface area contributed by atoms with Gasteiger partial charge < -0.3 is 14.2 Å². The summed E-state index contributed by atoms with van der Waals surface area (Å²) in [6, 6.07) is 21.5. The van der Waals surface area contributed by atoms with E-state index in [1.54, 1.807) is 36.4 Å². The van der Waals surface area contributed by atoms with Crippen molar-refractivity contribution in [3.05, 3.63) is 78.4 Å². The number of rotatable bonds is 9. The van der Waals surface area contributed by atoms with E-state index >= 15 is 0 Å². The van der Waals surface area contributed by atoms with Crippen LogP contribution in [0.25, 0.3) is 0 Å². The van der Waals surface area contributed by atoms with Crippen molar-refractivity contribution >= 4 is 23.2 Å². The zero-order valence-electron chi connectivity index (χ0n) is 21.1. The van der Waals surface area contributed by atoms with Crippen molar-refractivity contribution in [3.63, 3.8) is 0 Å². The van der Waals surface area contributed by atoms with Gasteiger partial charge in [0.1, 0.15) is 11.7 Å². The number of hydrogen-bond donors (Lipinski definition) is 0. The van der Waals surface area contributed by atoms with E-state index in [0.29, 0.717) is 36.1 Å². The van der Waals surface area contributed by atoms with Crippen LogP contribution >= 0.6 is 0 Å². The van der Waals surface area contributed by atoms with Crippen LogP contribution < -0.4 is 24.2 Å². The number of benzene rings is 3. The third-order valence-electron chi connectivity index (χ3n) is 6.50. The average molecular weight is 503 g/mol. The molecule has 2 heterocycles. The summed E-state index contributed by atoms with van der Waals surface area (Å²) < 4.78 is 17.0. The Morgan fingerprint density at radius 3 is 2.35 bits per heavy atom. The highest BCUT2D eigenvalue weighted by Gasteiger charge is 2.60. The van der Waals surface area contributed by atoms with Crippen LogP contribution in [0, 0.1) is 5.92 Å². The lowest BCUT2D eigenvalue weighted by atomic mass is 9.90. The molecular formula is C29H30N2O6. The Bertz CT molecular complexity index is 1280. The normalized spacial score (nSPS) is 20.8. The first-order valence-electron chi connectivity index (χ1n) is 12.5. The van der Waals surface area contributed by atoms with Gasteiger partial charge in [0.25, 0.3) is 5.91 Å². The second-order valence-electron chi connectivity index (χ2n) is 8.86. The van der Waals surface area contributed by atoms with Gasteiger partial charge in [-0.3, -0.25) is 14.4 Å². The highest BCUT2D eigenvalue weighted by molar-refractivity contribution is 6.24. The van der Waals surface area contributed by atoms with Gasteiger partial charge in [0.05, 0.1) is 37.7 Å². The van der Waals surface area contributed by atoms with Crippen LogP contribution in [0.5, 0.6) is 17.2 Å². The molecule has 0 aliphatic carbocycles. The number of carbonyl (C=O) groups is 2. The molecular weight excluding hydrogens is 472 g/mol. The molecule has 3 aromatic carbocycles. The maximum absolute atomic E-state index is 13.9. The molecule has 192 valence electrons. The van der Waals surface area contributed by atoms with E-state index < -0.39 is 24.0 Å². The molecule has 2 aliphatic rings. The van der Waals surface area contributed by atoms with Gasteiger partial charge in [-0.15, -0.1) is 0 Å². The monoisotopic (exact) mass is 502 g/mol. The van der Waals surface area contributed by atoms with Crippen LogP contribution in [0.1, 0.15) is 31.9 Å². The van der Waals surface area contributed by atoms with Crippen molar-refractivity contribution in [2.45, 2.75) is 32.4 Å². The lowest BCUT2D eigenvalue weighted by Crippen LogP contribution is -2.37. The van der Waals surface area contributed by atoms with E-state index in [2.05, 4.69) is 0 Å². The Kier molecular flexibility index (Phi) is 7.01. The van der Waals surface area contributed by atoms with E-state index in [9.17, 15) is 9.59 Å². The van der Waals surface area contributed by atoms with Crippen molar-refractivity contribution in [3.8, 4) is 17.2 Å². The zero-order chi connectivity index (χ0) is 25.9. The average Bonchev–Trinajstić information content (AvgIpc) is 3.44. The summed E-state index contributed by atoms with van der Waals surface area (Å²) in [7, 11) is 1.58. The second-order valence-corrected chi connectivity index (χ2v) is 8.86. The predicted octanol–water partition coefficient (Wildman–Crippen LogP) is 4.93. The fourth-order valence-electron chi connectivity index (χ4n) is 4.89. The molecule has 3 aromatic rings. The zero-order valence-corrected chi connectivity index (χ0v) is 21.1. The van der Waals surface area contributed by atoms with Crippen LogP contribution in [-0.4, -0.2) is 38.2 Å². The van der Waals surface area contributed by atoms with Gasteiger partial charge in [-0.2, -0.15) is 0 Å². The molecule has 8 heteroatoms. The Hall–Kier alpha value is -4.04. The topological polar surface area (TPSA) is 77.5 Å². The largest absolute Gasteiger partial charge is 0.494 e. The molecule has 2 fully saturated rings. The fraction of sp³-hybridized carbons (Fsp3) is 0.310. The summed E-state index contributed by atoms with van der Waals surface area (Å²) in [5.74, 6) is 0.293. The molecule has 0 unspecified atom stereocenters. The molecule has 3 atom stereocenters. The summed E-state index contributed by atoms with van der Waals surface area (Å²) in [4.78, 5) is 34.9. The SMILES string of the molecule is CCCOc1ccc([C@@H]2[C@H]3C(=O)N(c4cccc(OCC)c4)C(=O)[C@@H]3ON2c2ccccc2)cc1OC. The molecule has 0 radical (unpaired) electrons. The number of nitrogens with zero attached hydrogens (tertiary/aromatic N) is 2. The Morgan fingerprint density at radius 1 is 0.838 bits per heavy atom. The molecule has 2 aliphatic heterocycles. The van der Waals surface area contributed by atoms with Crippen molar-refractivity contribution in [1.29, 1.82) is 0 Å². The minimum atomic E-state index is -0.963. The second kappa shape index (κ2) is 10.5. The minimum absolute atomic E-state index is 0.322. The maximum Gasteiger partial charge on any atom is 0.266 e. The van der Waals surface area contributed by atoms with Gasteiger partial charge in [-0.1, -0.05) is 37.3 Å². The number of methoxy groups -OCH3 is 1. The lowest BCUT2D eigenvalue weighted by molar-refractivity contribution is -0.126. The minimum Gasteiger partial charge on any atom is -0.494 e. The summed E-state index contributed by atoms with van der Waals surface area (Å²) in [6.45, 7) is 4.96. The smallest absolute Gasteiger partial charge is 0.266 e.